The minimum absolute atomic E-state index is 0.0162. The number of alkyl halides is 3. The molecule has 0 bridgehead atoms. The van der Waals surface area contributed by atoms with Crippen molar-refractivity contribution in [2.24, 2.45) is 0 Å². The van der Waals surface area contributed by atoms with E-state index >= 15 is 0 Å². The van der Waals surface area contributed by atoms with Gasteiger partial charge in [0.1, 0.15) is 5.56 Å². The quantitative estimate of drug-likeness (QED) is 0.469. The molecule has 10 heteroatoms. The Hall–Kier alpha value is -2.22. The van der Waals surface area contributed by atoms with E-state index in [0.717, 1.165) is 4.68 Å². The number of esters is 1. The van der Waals surface area contributed by atoms with E-state index in [4.69, 9.17) is 39.5 Å². The average molecular weight is 436 g/mol. The molecule has 4 nitrogen and oxygen atoms in total. The Morgan fingerprint density at radius 1 is 1.00 bits per heavy atom. The van der Waals surface area contributed by atoms with E-state index < -0.39 is 23.6 Å². The molecule has 0 saturated heterocycles. The van der Waals surface area contributed by atoms with Crippen LogP contribution in [0.25, 0.3) is 5.69 Å². The smallest absolute Gasteiger partial charge is 0.403 e. The molecule has 0 aliphatic carbocycles. The second-order valence-electron chi connectivity index (χ2n) is 5.27. The normalized spacial score (nSPS) is 11.5. The number of carbonyl (C=O) groups is 1. The van der Waals surface area contributed by atoms with Crippen molar-refractivity contribution in [3.63, 3.8) is 0 Å². The molecule has 1 aromatic heterocycles. The maximum Gasteiger partial charge on any atom is 0.423 e. The van der Waals surface area contributed by atoms with Crippen LogP contribution in [0.1, 0.15) is 15.9 Å². The fourth-order valence-electron chi connectivity index (χ4n) is 2.19. The third-order valence-corrected chi connectivity index (χ3v) is 4.23. The highest BCUT2D eigenvalue weighted by Gasteiger charge is 2.39. The predicted octanol–water partition coefficient (Wildman–Crippen LogP) is 6.07. The molecular formula is C17H8Cl3F3N2O2. The van der Waals surface area contributed by atoms with Crippen molar-refractivity contribution in [2.45, 2.75) is 6.18 Å². The van der Waals surface area contributed by atoms with Crippen LogP contribution in [0, 0.1) is 0 Å². The van der Waals surface area contributed by atoms with Crippen molar-refractivity contribution in [3.8, 4) is 11.6 Å². The van der Waals surface area contributed by atoms with Gasteiger partial charge in [-0.15, -0.1) is 0 Å². The Balaban J connectivity index is 2.07. The molecule has 140 valence electrons. The summed E-state index contributed by atoms with van der Waals surface area (Å²) in [7, 11) is 0. The molecule has 0 N–H and O–H groups in total. The third kappa shape index (κ3) is 4.21. The SMILES string of the molecule is O=C(Oc1c(C(F)(F)F)cnn1-c1ccc(Cl)cc1Cl)c1ccc(Cl)cc1. The van der Waals surface area contributed by atoms with Crippen molar-refractivity contribution in [2.75, 3.05) is 0 Å². The van der Waals surface area contributed by atoms with E-state index in [1.54, 1.807) is 0 Å². The molecule has 0 amide bonds. The van der Waals surface area contributed by atoms with Crippen LogP contribution >= 0.6 is 34.8 Å². The molecule has 0 atom stereocenters. The Morgan fingerprint density at radius 3 is 2.22 bits per heavy atom. The summed E-state index contributed by atoms with van der Waals surface area (Å²) in [5, 5.41) is 4.35. The summed E-state index contributed by atoms with van der Waals surface area (Å²) in [4.78, 5) is 12.3. The molecule has 0 aliphatic rings. The lowest BCUT2D eigenvalue weighted by molar-refractivity contribution is -0.138. The lowest BCUT2D eigenvalue weighted by Gasteiger charge is -2.12. The molecule has 0 saturated carbocycles. The molecule has 2 aromatic carbocycles. The monoisotopic (exact) mass is 434 g/mol. The van der Waals surface area contributed by atoms with Gasteiger partial charge >= 0.3 is 12.1 Å². The number of carbonyl (C=O) groups excluding carboxylic acids is 1. The van der Waals surface area contributed by atoms with Gasteiger partial charge in [-0.1, -0.05) is 34.8 Å². The summed E-state index contributed by atoms with van der Waals surface area (Å²) in [5.74, 6) is -1.82. The van der Waals surface area contributed by atoms with E-state index in [1.165, 1.54) is 42.5 Å². The predicted molar refractivity (Wildman–Crippen MR) is 95.0 cm³/mol. The Kier molecular flexibility index (Phi) is 5.37. The minimum atomic E-state index is -4.80. The summed E-state index contributed by atoms with van der Waals surface area (Å²) >= 11 is 17.6. The summed E-state index contributed by atoms with van der Waals surface area (Å²) in [5.41, 5.74) is -1.14. The molecule has 0 fully saturated rings. The topological polar surface area (TPSA) is 44.1 Å². The molecule has 0 aliphatic heterocycles. The summed E-state index contributed by atoms with van der Waals surface area (Å²) in [6.45, 7) is 0. The van der Waals surface area contributed by atoms with Crippen LogP contribution in [0.5, 0.6) is 5.88 Å². The molecule has 3 rings (SSSR count). The van der Waals surface area contributed by atoms with Crippen LogP contribution in [-0.4, -0.2) is 15.7 Å². The third-order valence-electron chi connectivity index (χ3n) is 3.44. The first kappa shape index (κ1) is 19.5. The van der Waals surface area contributed by atoms with Crippen LogP contribution in [0.2, 0.25) is 15.1 Å². The van der Waals surface area contributed by atoms with Crippen LogP contribution in [-0.2, 0) is 6.18 Å². The highest BCUT2D eigenvalue weighted by atomic mass is 35.5. The lowest BCUT2D eigenvalue weighted by Crippen LogP contribution is -2.15. The van der Waals surface area contributed by atoms with Gasteiger partial charge in [0.25, 0.3) is 0 Å². The molecule has 0 unspecified atom stereocenters. The number of aromatic nitrogens is 2. The zero-order valence-corrected chi connectivity index (χ0v) is 15.4. The van der Waals surface area contributed by atoms with Gasteiger partial charge in [0, 0.05) is 10.0 Å². The van der Waals surface area contributed by atoms with Gasteiger partial charge in [-0.3, -0.25) is 0 Å². The fourth-order valence-corrected chi connectivity index (χ4v) is 2.80. The zero-order valence-electron chi connectivity index (χ0n) is 13.1. The van der Waals surface area contributed by atoms with E-state index in [-0.39, 0.29) is 21.3 Å². The molecule has 3 aromatic rings. The number of nitrogens with zero attached hydrogens (tertiary/aromatic N) is 2. The Morgan fingerprint density at radius 2 is 1.63 bits per heavy atom. The van der Waals surface area contributed by atoms with Crippen molar-refractivity contribution in [3.05, 3.63) is 74.9 Å². The number of halogens is 6. The van der Waals surface area contributed by atoms with Crippen LogP contribution in [0.3, 0.4) is 0 Å². The standard InChI is InChI=1S/C17H8Cl3F3N2O2/c18-10-3-1-9(2-4-10)16(26)27-15-12(17(21,22)23)8-24-25(15)14-6-5-11(19)7-13(14)20/h1-8H. The van der Waals surface area contributed by atoms with Gasteiger partial charge in [0.15, 0.2) is 0 Å². The zero-order chi connectivity index (χ0) is 19.8. The number of hydrogen-bond acceptors (Lipinski definition) is 3. The van der Waals surface area contributed by atoms with Gasteiger partial charge in [0.05, 0.1) is 22.5 Å². The first-order valence-electron chi connectivity index (χ1n) is 7.25. The van der Waals surface area contributed by atoms with Gasteiger partial charge in [-0.2, -0.15) is 23.0 Å². The lowest BCUT2D eigenvalue weighted by atomic mass is 10.2. The van der Waals surface area contributed by atoms with Crippen LogP contribution in [0.4, 0.5) is 13.2 Å². The minimum Gasteiger partial charge on any atom is -0.403 e. The van der Waals surface area contributed by atoms with Gasteiger partial charge in [0.2, 0.25) is 5.88 Å². The maximum atomic E-state index is 13.3. The highest BCUT2D eigenvalue weighted by Crippen LogP contribution is 2.39. The van der Waals surface area contributed by atoms with Crippen molar-refractivity contribution in [1.82, 2.24) is 9.78 Å². The summed E-state index contributed by atoms with van der Waals surface area (Å²) < 4.78 is 45.8. The Labute approximate surface area is 166 Å². The molecule has 1 heterocycles. The molecule has 27 heavy (non-hydrogen) atoms. The van der Waals surface area contributed by atoms with Gasteiger partial charge in [-0.05, 0) is 42.5 Å². The number of ether oxygens (including phenoxy) is 1. The average Bonchev–Trinajstić information content (AvgIpc) is 2.99. The molecular weight excluding hydrogens is 428 g/mol. The van der Waals surface area contributed by atoms with Gasteiger partial charge < -0.3 is 4.74 Å². The van der Waals surface area contributed by atoms with Crippen LogP contribution < -0.4 is 4.74 Å². The second kappa shape index (κ2) is 7.42. The van der Waals surface area contributed by atoms with Crippen LogP contribution in [0.15, 0.2) is 48.7 Å². The number of hydrogen-bond donors (Lipinski definition) is 0. The van der Waals surface area contributed by atoms with Crippen molar-refractivity contribution >= 4 is 40.8 Å². The Bertz CT molecular complexity index is 1000. The largest absolute Gasteiger partial charge is 0.423 e. The summed E-state index contributed by atoms with van der Waals surface area (Å²) in [6, 6.07) is 9.59. The summed E-state index contributed by atoms with van der Waals surface area (Å²) in [6.07, 6.45) is -4.25. The van der Waals surface area contributed by atoms with E-state index in [2.05, 4.69) is 5.10 Å². The second-order valence-corrected chi connectivity index (χ2v) is 6.55. The highest BCUT2D eigenvalue weighted by molar-refractivity contribution is 6.35. The van der Waals surface area contributed by atoms with Crippen molar-refractivity contribution in [1.29, 1.82) is 0 Å². The van der Waals surface area contributed by atoms with E-state index in [9.17, 15) is 18.0 Å². The van der Waals surface area contributed by atoms with Crippen molar-refractivity contribution < 1.29 is 22.7 Å². The van der Waals surface area contributed by atoms with E-state index in [0.29, 0.717) is 11.2 Å². The molecule has 0 spiro atoms. The fraction of sp³-hybridized carbons (Fsp3) is 0.0588. The first-order valence-corrected chi connectivity index (χ1v) is 8.38. The van der Waals surface area contributed by atoms with Gasteiger partial charge in [-0.25, -0.2) is 4.79 Å². The number of rotatable bonds is 3. The maximum absolute atomic E-state index is 13.3. The first-order chi connectivity index (χ1) is 12.7. The molecule has 0 radical (unpaired) electrons. The van der Waals surface area contributed by atoms with E-state index in [1.807, 2.05) is 0 Å². The number of benzene rings is 2.